The summed E-state index contributed by atoms with van der Waals surface area (Å²) >= 11 is 0. The molecule has 4 rings (SSSR count). The molecule has 0 bridgehead atoms. The van der Waals surface area contributed by atoms with Crippen molar-refractivity contribution in [3.8, 4) is 11.8 Å². The van der Waals surface area contributed by atoms with Crippen LogP contribution in [0.4, 0.5) is 0 Å². The average Bonchev–Trinajstić information content (AvgIpc) is 2.78. The van der Waals surface area contributed by atoms with Gasteiger partial charge in [0.05, 0.1) is 23.7 Å². The summed E-state index contributed by atoms with van der Waals surface area (Å²) in [5, 5.41) is 5.17. The van der Waals surface area contributed by atoms with Crippen LogP contribution in [0.5, 0.6) is 0 Å². The van der Waals surface area contributed by atoms with E-state index in [9.17, 15) is 13.2 Å². The van der Waals surface area contributed by atoms with Gasteiger partial charge in [-0.15, -0.1) is 0 Å². The molecule has 0 fully saturated rings. The van der Waals surface area contributed by atoms with Gasteiger partial charge in [0, 0.05) is 44.4 Å². The van der Waals surface area contributed by atoms with E-state index in [0.717, 1.165) is 35.4 Å². The lowest BCUT2D eigenvalue weighted by Crippen LogP contribution is -2.50. The van der Waals surface area contributed by atoms with Crippen LogP contribution in [0.2, 0.25) is 0 Å². The first kappa shape index (κ1) is 22.1. The van der Waals surface area contributed by atoms with Crippen molar-refractivity contribution in [2.24, 2.45) is 5.14 Å². The van der Waals surface area contributed by atoms with Crippen molar-refractivity contribution >= 4 is 15.9 Å². The van der Waals surface area contributed by atoms with E-state index in [0.29, 0.717) is 26.3 Å². The van der Waals surface area contributed by atoms with Crippen LogP contribution in [-0.4, -0.2) is 62.4 Å². The molecular formula is C24H26N4O3S. The van der Waals surface area contributed by atoms with E-state index < -0.39 is 10.0 Å². The third-order valence-corrected chi connectivity index (χ3v) is 6.65. The maximum atomic E-state index is 13.2. The Balaban J connectivity index is 1.44. The molecule has 0 unspecified atom stereocenters. The number of nitrogens with two attached hydrogens (primary N) is 1. The fourth-order valence-electron chi connectivity index (χ4n) is 4.05. The number of sulfonamides is 1. The van der Waals surface area contributed by atoms with Crippen molar-refractivity contribution in [3.63, 3.8) is 0 Å². The minimum absolute atomic E-state index is 0.0225. The summed E-state index contributed by atoms with van der Waals surface area (Å²) < 4.78 is 22.9. The molecule has 0 aliphatic carbocycles. The van der Waals surface area contributed by atoms with Crippen molar-refractivity contribution in [2.75, 3.05) is 33.4 Å². The van der Waals surface area contributed by atoms with Gasteiger partial charge in [0.15, 0.2) is 0 Å². The molecule has 2 heterocycles. The van der Waals surface area contributed by atoms with E-state index in [1.807, 2.05) is 37.4 Å². The Kier molecular flexibility index (Phi) is 6.33. The highest BCUT2D eigenvalue weighted by Crippen LogP contribution is 2.27. The van der Waals surface area contributed by atoms with Gasteiger partial charge in [-0.3, -0.25) is 9.69 Å². The molecule has 32 heavy (non-hydrogen) atoms. The Morgan fingerprint density at radius 3 is 2.47 bits per heavy atom. The van der Waals surface area contributed by atoms with E-state index in [2.05, 4.69) is 21.6 Å². The van der Waals surface area contributed by atoms with Crippen LogP contribution in [0, 0.1) is 11.8 Å². The minimum atomic E-state index is -3.73. The molecule has 2 N–H and O–H groups in total. The number of primary sulfonamides is 1. The molecule has 166 valence electrons. The van der Waals surface area contributed by atoms with Gasteiger partial charge in [0.2, 0.25) is 10.0 Å². The third kappa shape index (κ3) is 5.02. The average molecular weight is 451 g/mol. The van der Waals surface area contributed by atoms with Crippen LogP contribution in [0.15, 0.2) is 70.8 Å². The second kappa shape index (κ2) is 9.17. The number of benzene rings is 2. The summed E-state index contributed by atoms with van der Waals surface area (Å²) in [5.74, 6) is 6.41. The van der Waals surface area contributed by atoms with Gasteiger partial charge in [0.25, 0.3) is 5.91 Å². The molecule has 2 aliphatic rings. The summed E-state index contributed by atoms with van der Waals surface area (Å²) in [4.78, 5) is 19.4. The Morgan fingerprint density at radius 2 is 1.78 bits per heavy atom. The third-order valence-electron chi connectivity index (χ3n) is 5.72. The number of hydrogen-bond acceptors (Lipinski definition) is 5. The molecule has 1 amide bonds. The lowest BCUT2D eigenvalue weighted by molar-refractivity contribution is -0.131. The largest absolute Gasteiger partial charge is 0.360 e. The maximum Gasteiger partial charge on any atom is 0.254 e. The number of rotatable bonds is 4. The molecule has 8 heteroatoms. The Labute approximate surface area is 189 Å². The van der Waals surface area contributed by atoms with Gasteiger partial charge in [-0.2, -0.15) is 0 Å². The molecule has 2 aromatic carbocycles. The van der Waals surface area contributed by atoms with E-state index in [-0.39, 0.29) is 10.8 Å². The molecule has 0 saturated heterocycles. The minimum Gasteiger partial charge on any atom is -0.360 e. The van der Waals surface area contributed by atoms with Crippen LogP contribution in [-0.2, 0) is 21.4 Å². The first-order valence-electron chi connectivity index (χ1n) is 10.4. The lowest BCUT2D eigenvalue weighted by atomic mass is 10.0. The van der Waals surface area contributed by atoms with Crippen molar-refractivity contribution in [1.82, 2.24) is 14.7 Å². The highest BCUT2D eigenvalue weighted by atomic mass is 32.2. The Morgan fingerprint density at radius 1 is 1.06 bits per heavy atom. The quantitative estimate of drug-likeness (QED) is 0.715. The molecule has 0 aromatic heterocycles. The van der Waals surface area contributed by atoms with Crippen molar-refractivity contribution < 1.29 is 13.2 Å². The predicted octanol–water partition coefficient (Wildman–Crippen LogP) is 1.58. The smallest absolute Gasteiger partial charge is 0.254 e. The standard InChI is InChI=1S/C24H26N4O3S/c1-26-18-28(16-20-9-11-21(12-10-20)32(25,30)31)24(29)22-17-27(15-13-23(22)26)14-5-8-19-6-3-2-4-7-19/h2-4,6-7,9-12H,13-18H2,1H3,(H2,25,30,31). The Hall–Kier alpha value is -3.12. The van der Waals surface area contributed by atoms with E-state index in [4.69, 9.17) is 5.14 Å². The number of hydrogen-bond donors (Lipinski definition) is 1. The van der Waals surface area contributed by atoms with E-state index >= 15 is 0 Å². The first-order chi connectivity index (χ1) is 15.3. The number of carbonyl (C=O) groups excluding carboxylic acids is 1. The molecule has 0 saturated carbocycles. The van der Waals surface area contributed by atoms with Gasteiger partial charge < -0.3 is 9.80 Å². The Bertz CT molecular complexity index is 1200. The van der Waals surface area contributed by atoms with Crippen LogP contribution >= 0.6 is 0 Å². The summed E-state index contributed by atoms with van der Waals surface area (Å²) in [6.45, 7) is 2.95. The molecule has 2 aliphatic heterocycles. The number of nitrogens with zero attached hydrogens (tertiary/aromatic N) is 3. The maximum absolute atomic E-state index is 13.2. The normalized spacial score (nSPS) is 17.1. The van der Waals surface area contributed by atoms with E-state index in [1.165, 1.54) is 12.1 Å². The SMILES string of the molecule is CN1CN(Cc2ccc(S(N)(=O)=O)cc2)C(=O)C2=C1CCN(CC#Cc1ccccc1)C2. The first-order valence-corrected chi connectivity index (χ1v) is 12.0. The van der Waals surface area contributed by atoms with Gasteiger partial charge >= 0.3 is 0 Å². The van der Waals surface area contributed by atoms with Crippen molar-refractivity contribution in [3.05, 3.63) is 77.0 Å². The van der Waals surface area contributed by atoms with Crippen LogP contribution in [0.25, 0.3) is 0 Å². The topological polar surface area (TPSA) is 87.0 Å². The summed E-state index contributed by atoms with van der Waals surface area (Å²) in [7, 11) is -1.73. The molecule has 2 aromatic rings. The summed E-state index contributed by atoms with van der Waals surface area (Å²) in [5.41, 5.74) is 3.75. The summed E-state index contributed by atoms with van der Waals surface area (Å²) in [6, 6.07) is 16.2. The van der Waals surface area contributed by atoms with Gasteiger partial charge in [-0.05, 0) is 29.8 Å². The molecule has 7 nitrogen and oxygen atoms in total. The number of carbonyl (C=O) groups is 1. The molecule has 0 radical (unpaired) electrons. The van der Waals surface area contributed by atoms with Crippen LogP contribution in [0.3, 0.4) is 0 Å². The van der Waals surface area contributed by atoms with Gasteiger partial charge in [0.1, 0.15) is 0 Å². The lowest BCUT2D eigenvalue weighted by Gasteiger charge is -2.42. The predicted molar refractivity (Wildman–Crippen MR) is 122 cm³/mol. The summed E-state index contributed by atoms with van der Waals surface area (Å²) in [6.07, 6.45) is 0.821. The molecular weight excluding hydrogens is 424 g/mol. The zero-order valence-corrected chi connectivity index (χ0v) is 18.8. The number of amides is 1. The highest BCUT2D eigenvalue weighted by molar-refractivity contribution is 7.89. The van der Waals surface area contributed by atoms with Crippen molar-refractivity contribution in [1.29, 1.82) is 0 Å². The fraction of sp³-hybridized carbons (Fsp3) is 0.292. The monoisotopic (exact) mass is 450 g/mol. The van der Waals surface area contributed by atoms with Gasteiger partial charge in [-0.25, -0.2) is 13.6 Å². The van der Waals surface area contributed by atoms with Crippen LogP contribution < -0.4 is 5.14 Å². The second-order valence-electron chi connectivity index (χ2n) is 8.09. The molecule has 0 atom stereocenters. The van der Waals surface area contributed by atoms with Crippen LogP contribution in [0.1, 0.15) is 17.5 Å². The second-order valence-corrected chi connectivity index (χ2v) is 9.65. The highest BCUT2D eigenvalue weighted by Gasteiger charge is 2.33. The van der Waals surface area contributed by atoms with Crippen molar-refractivity contribution in [2.45, 2.75) is 17.9 Å². The van der Waals surface area contributed by atoms with E-state index in [1.54, 1.807) is 17.0 Å². The zero-order chi connectivity index (χ0) is 22.7. The molecule has 0 spiro atoms. The zero-order valence-electron chi connectivity index (χ0n) is 18.0. The fourth-order valence-corrected chi connectivity index (χ4v) is 4.57. The van der Waals surface area contributed by atoms with Gasteiger partial charge in [-0.1, -0.05) is 42.2 Å².